The Kier molecular flexibility index (Phi) is 6.53. The quantitative estimate of drug-likeness (QED) is 0.558. The molecule has 1 unspecified atom stereocenters. The number of ether oxygens (including phenoxy) is 2. The summed E-state index contributed by atoms with van der Waals surface area (Å²) in [6, 6.07) is 6.07. The molecule has 0 bridgehead atoms. The van der Waals surface area contributed by atoms with Crippen molar-refractivity contribution in [3.63, 3.8) is 0 Å². The molecule has 3 rings (SSSR count). The first kappa shape index (κ1) is 20.9. The third-order valence-electron chi connectivity index (χ3n) is 5.18. The van der Waals surface area contributed by atoms with Crippen LogP contribution in [0.4, 0.5) is 0 Å². The Labute approximate surface area is 172 Å². The van der Waals surface area contributed by atoms with E-state index in [1.165, 1.54) is 5.56 Å². The molecule has 0 fully saturated rings. The highest BCUT2D eigenvalue weighted by molar-refractivity contribution is 5.77. The van der Waals surface area contributed by atoms with Gasteiger partial charge in [0.15, 0.2) is 0 Å². The molecule has 0 amide bonds. The monoisotopic (exact) mass is 392 g/mol. The summed E-state index contributed by atoms with van der Waals surface area (Å²) in [5, 5.41) is 0. The number of fused-ring (bicyclic) bond motifs is 1. The Hall–Kier alpha value is -2.87. The summed E-state index contributed by atoms with van der Waals surface area (Å²) in [5.74, 6) is 7.04. The lowest BCUT2D eigenvalue weighted by molar-refractivity contribution is -0.145. The van der Waals surface area contributed by atoms with Gasteiger partial charge in [-0.1, -0.05) is 39.0 Å². The summed E-state index contributed by atoms with van der Waals surface area (Å²) < 4.78 is 10.9. The molecule has 1 aliphatic rings. The van der Waals surface area contributed by atoms with E-state index in [-0.39, 0.29) is 11.4 Å². The van der Waals surface area contributed by atoms with Crippen LogP contribution >= 0.6 is 0 Å². The van der Waals surface area contributed by atoms with E-state index in [9.17, 15) is 4.79 Å². The minimum absolute atomic E-state index is 0.0808. The van der Waals surface area contributed by atoms with Crippen molar-refractivity contribution in [3.05, 3.63) is 53.1 Å². The van der Waals surface area contributed by atoms with Crippen LogP contribution in [0.5, 0.6) is 5.75 Å². The lowest BCUT2D eigenvalue weighted by Gasteiger charge is -2.32. The molecule has 0 aliphatic carbocycles. The van der Waals surface area contributed by atoms with Gasteiger partial charge >= 0.3 is 5.97 Å². The van der Waals surface area contributed by atoms with Crippen molar-refractivity contribution in [1.29, 1.82) is 0 Å². The third kappa shape index (κ3) is 4.95. The Bertz CT molecular complexity index is 923. The molecule has 1 aromatic heterocycles. The van der Waals surface area contributed by atoms with Crippen LogP contribution in [0.1, 0.15) is 75.4 Å². The molecular weight excluding hydrogens is 364 g/mol. The van der Waals surface area contributed by atoms with Crippen molar-refractivity contribution < 1.29 is 14.3 Å². The zero-order valence-corrected chi connectivity index (χ0v) is 17.6. The van der Waals surface area contributed by atoms with Gasteiger partial charge in [0.25, 0.3) is 0 Å². The third-order valence-corrected chi connectivity index (χ3v) is 5.18. The second-order valence-electron chi connectivity index (χ2n) is 7.87. The Morgan fingerprint density at radius 2 is 1.93 bits per heavy atom. The van der Waals surface area contributed by atoms with Crippen molar-refractivity contribution in [2.45, 2.75) is 58.3 Å². The first-order chi connectivity index (χ1) is 13.9. The number of carbonyl (C=O) groups is 1. The van der Waals surface area contributed by atoms with Crippen LogP contribution in [0.25, 0.3) is 0 Å². The molecule has 0 saturated heterocycles. The van der Waals surface area contributed by atoms with E-state index in [0.29, 0.717) is 24.4 Å². The molecule has 1 atom stereocenters. The first-order valence-electron chi connectivity index (χ1n) is 10.2. The number of carbonyl (C=O) groups excluding carboxylic acids is 1. The molecule has 152 valence electrons. The van der Waals surface area contributed by atoms with Crippen LogP contribution in [0.15, 0.2) is 30.6 Å². The van der Waals surface area contributed by atoms with Crippen LogP contribution in [0.2, 0.25) is 0 Å². The normalized spacial score (nSPS) is 15.3. The topological polar surface area (TPSA) is 61.3 Å². The molecule has 2 heterocycles. The molecule has 5 nitrogen and oxygen atoms in total. The zero-order valence-electron chi connectivity index (χ0n) is 17.6. The second kappa shape index (κ2) is 9.09. The zero-order chi connectivity index (χ0) is 20.9. The molecule has 2 aromatic rings. The van der Waals surface area contributed by atoms with Gasteiger partial charge in [0, 0.05) is 23.5 Å². The predicted octanol–water partition coefficient (Wildman–Crippen LogP) is 4.38. The van der Waals surface area contributed by atoms with E-state index < -0.39 is 5.92 Å². The van der Waals surface area contributed by atoms with Crippen molar-refractivity contribution in [1.82, 2.24) is 9.97 Å². The summed E-state index contributed by atoms with van der Waals surface area (Å²) in [4.78, 5) is 20.9. The average Bonchev–Trinajstić information content (AvgIpc) is 2.71. The molecule has 0 N–H and O–H groups in total. The number of rotatable bonds is 5. The van der Waals surface area contributed by atoms with E-state index in [1.807, 2.05) is 19.1 Å². The fourth-order valence-corrected chi connectivity index (χ4v) is 3.42. The van der Waals surface area contributed by atoms with Gasteiger partial charge in [0.05, 0.1) is 18.8 Å². The number of hydrogen-bond acceptors (Lipinski definition) is 5. The summed E-state index contributed by atoms with van der Waals surface area (Å²) in [6.07, 6.45) is 5.85. The number of esters is 1. The largest absolute Gasteiger partial charge is 0.493 e. The minimum Gasteiger partial charge on any atom is -0.493 e. The van der Waals surface area contributed by atoms with Crippen LogP contribution in [-0.4, -0.2) is 29.2 Å². The van der Waals surface area contributed by atoms with E-state index in [4.69, 9.17) is 9.47 Å². The van der Waals surface area contributed by atoms with Gasteiger partial charge < -0.3 is 9.47 Å². The van der Waals surface area contributed by atoms with Gasteiger partial charge in [-0.25, -0.2) is 9.97 Å². The van der Waals surface area contributed by atoms with E-state index in [2.05, 4.69) is 41.7 Å². The summed E-state index contributed by atoms with van der Waals surface area (Å²) in [6.45, 7) is 9.39. The molecule has 0 radical (unpaired) electrons. The highest BCUT2D eigenvalue weighted by atomic mass is 16.5. The summed E-state index contributed by atoms with van der Waals surface area (Å²) in [5.41, 5.74) is 2.92. The van der Waals surface area contributed by atoms with Crippen LogP contribution < -0.4 is 4.74 Å². The molecule has 29 heavy (non-hydrogen) atoms. The smallest absolute Gasteiger partial charge is 0.316 e. The van der Waals surface area contributed by atoms with E-state index >= 15 is 0 Å². The molecule has 0 saturated carbocycles. The lowest BCUT2D eigenvalue weighted by atomic mass is 9.79. The Morgan fingerprint density at radius 3 is 2.62 bits per heavy atom. The van der Waals surface area contributed by atoms with Crippen molar-refractivity contribution >= 4 is 5.97 Å². The SMILES string of the molecule is CCCC(C(=O)OCC)c1ncc(C#Cc2ccc3c(c2)C(C)(C)CCO3)cn1. The Balaban J connectivity index is 1.79. The average molecular weight is 392 g/mol. The van der Waals surface area contributed by atoms with Gasteiger partial charge in [-0.2, -0.15) is 0 Å². The lowest BCUT2D eigenvalue weighted by Crippen LogP contribution is -2.26. The fraction of sp³-hybridized carbons (Fsp3) is 0.458. The number of aromatic nitrogens is 2. The van der Waals surface area contributed by atoms with Crippen molar-refractivity contribution in [2.24, 2.45) is 0 Å². The van der Waals surface area contributed by atoms with Crippen molar-refractivity contribution in [3.8, 4) is 17.6 Å². The van der Waals surface area contributed by atoms with Crippen molar-refractivity contribution in [2.75, 3.05) is 13.2 Å². The highest BCUT2D eigenvalue weighted by Gasteiger charge is 2.28. The van der Waals surface area contributed by atoms with Crippen LogP contribution in [0.3, 0.4) is 0 Å². The number of nitrogens with zero attached hydrogens (tertiary/aromatic N) is 2. The van der Waals surface area contributed by atoms with Gasteiger partial charge in [0.1, 0.15) is 17.5 Å². The van der Waals surface area contributed by atoms with Crippen LogP contribution in [-0.2, 0) is 14.9 Å². The van der Waals surface area contributed by atoms with Gasteiger partial charge in [-0.15, -0.1) is 0 Å². The standard InChI is InChI=1S/C24H28N2O3/c1-5-7-19(23(27)28-6-2)22-25-15-18(16-26-22)9-8-17-10-11-21-20(14-17)24(3,4)12-13-29-21/h10-11,14-16,19H,5-7,12-13H2,1-4H3. The summed E-state index contributed by atoms with van der Waals surface area (Å²) >= 11 is 0. The van der Waals surface area contributed by atoms with E-state index in [0.717, 1.165) is 30.8 Å². The first-order valence-corrected chi connectivity index (χ1v) is 10.2. The minimum atomic E-state index is -0.426. The summed E-state index contributed by atoms with van der Waals surface area (Å²) in [7, 11) is 0. The predicted molar refractivity (Wildman–Crippen MR) is 112 cm³/mol. The maximum Gasteiger partial charge on any atom is 0.316 e. The Morgan fingerprint density at radius 1 is 1.21 bits per heavy atom. The molecular formula is C24H28N2O3. The fourth-order valence-electron chi connectivity index (χ4n) is 3.42. The highest BCUT2D eigenvalue weighted by Crippen LogP contribution is 2.38. The van der Waals surface area contributed by atoms with Gasteiger partial charge in [0.2, 0.25) is 0 Å². The van der Waals surface area contributed by atoms with Crippen LogP contribution in [0, 0.1) is 11.8 Å². The molecule has 0 spiro atoms. The maximum absolute atomic E-state index is 12.2. The van der Waals surface area contributed by atoms with Gasteiger partial charge in [-0.3, -0.25) is 4.79 Å². The van der Waals surface area contributed by atoms with Gasteiger partial charge in [-0.05, 0) is 43.4 Å². The molecule has 1 aromatic carbocycles. The maximum atomic E-state index is 12.2. The molecule has 1 aliphatic heterocycles. The molecule has 5 heteroatoms. The number of benzene rings is 1. The van der Waals surface area contributed by atoms with E-state index in [1.54, 1.807) is 19.3 Å². The second-order valence-corrected chi connectivity index (χ2v) is 7.87. The number of hydrogen-bond donors (Lipinski definition) is 0.